The number of aromatic nitrogens is 2. The van der Waals surface area contributed by atoms with E-state index >= 15 is 0 Å². The Labute approximate surface area is 168 Å². The summed E-state index contributed by atoms with van der Waals surface area (Å²) in [6, 6.07) is 24.7. The molecule has 0 aliphatic rings. The predicted octanol–water partition coefficient (Wildman–Crippen LogP) is 4.32. The summed E-state index contributed by atoms with van der Waals surface area (Å²) in [4.78, 5) is 12.2. The second kappa shape index (κ2) is 8.39. The van der Waals surface area contributed by atoms with Crippen molar-refractivity contribution >= 4 is 22.4 Å². The molecule has 0 atom stereocenters. The van der Waals surface area contributed by atoms with E-state index in [2.05, 4.69) is 15.5 Å². The number of benzene rings is 3. The fourth-order valence-corrected chi connectivity index (χ4v) is 2.91. The van der Waals surface area contributed by atoms with Gasteiger partial charge in [-0.05, 0) is 41.1 Å². The minimum Gasteiger partial charge on any atom is -0.484 e. The first-order chi connectivity index (χ1) is 14.2. The summed E-state index contributed by atoms with van der Waals surface area (Å²) in [5.41, 5.74) is 2.30. The largest absolute Gasteiger partial charge is 0.484 e. The highest BCUT2D eigenvalue weighted by molar-refractivity contribution is 5.92. The second-order valence-corrected chi connectivity index (χ2v) is 6.38. The lowest BCUT2D eigenvalue weighted by Gasteiger charge is -2.09. The molecule has 0 aliphatic carbocycles. The Morgan fingerprint density at radius 3 is 2.41 bits per heavy atom. The molecule has 0 radical (unpaired) electrons. The summed E-state index contributed by atoms with van der Waals surface area (Å²) in [6.07, 6.45) is 0. The monoisotopic (exact) mass is 385 g/mol. The fraction of sp³-hybridized carbons (Fsp3) is 0.0870. The number of hydrogen-bond acceptors (Lipinski definition) is 5. The molecule has 0 saturated carbocycles. The zero-order valence-electron chi connectivity index (χ0n) is 15.8. The van der Waals surface area contributed by atoms with Crippen LogP contribution >= 0.6 is 0 Å². The summed E-state index contributed by atoms with van der Waals surface area (Å²) in [6.45, 7) is -0.0654. The average Bonchev–Trinajstić information content (AvgIpc) is 2.78. The molecule has 1 amide bonds. The van der Waals surface area contributed by atoms with Gasteiger partial charge in [0.1, 0.15) is 5.75 Å². The molecule has 3 aromatic carbocycles. The Kier molecular flexibility index (Phi) is 5.33. The number of hydrogen-bond donors (Lipinski definition) is 1. The molecular weight excluding hydrogens is 366 g/mol. The smallest absolute Gasteiger partial charge is 0.262 e. The molecule has 0 spiro atoms. The number of rotatable bonds is 6. The minimum atomic E-state index is -0.227. The quantitative estimate of drug-likeness (QED) is 0.535. The van der Waals surface area contributed by atoms with Crippen LogP contribution in [0.2, 0.25) is 0 Å². The normalized spacial score (nSPS) is 10.5. The van der Waals surface area contributed by atoms with Crippen LogP contribution in [0.25, 0.3) is 22.0 Å². The van der Waals surface area contributed by atoms with Crippen molar-refractivity contribution in [2.24, 2.45) is 0 Å². The lowest BCUT2D eigenvalue weighted by atomic mass is 10.1. The van der Waals surface area contributed by atoms with Crippen molar-refractivity contribution in [1.29, 1.82) is 0 Å². The van der Waals surface area contributed by atoms with Crippen LogP contribution in [-0.4, -0.2) is 29.8 Å². The van der Waals surface area contributed by atoms with Gasteiger partial charge in [0.25, 0.3) is 5.91 Å². The van der Waals surface area contributed by atoms with Gasteiger partial charge in [-0.2, -0.15) is 0 Å². The van der Waals surface area contributed by atoms with Gasteiger partial charge in [-0.25, -0.2) is 0 Å². The third-order valence-corrected chi connectivity index (χ3v) is 4.40. The van der Waals surface area contributed by atoms with E-state index in [0.717, 1.165) is 22.0 Å². The highest BCUT2D eigenvalue weighted by Crippen LogP contribution is 2.22. The molecule has 0 aliphatic heterocycles. The first-order valence-corrected chi connectivity index (χ1v) is 9.11. The molecule has 1 aromatic heterocycles. The van der Waals surface area contributed by atoms with Gasteiger partial charge < -0.3 is 14.8 Å². The Balaban J connectivity index is 1.35. The van der Waals surface area contributed by atoms with E-state index < -0.39 is 0 Å². The van der Waals surface area contributed by atoms with Gasteiger partial charge >= 0.3 is 0 Å². The maximum atomic E-state index is 12.2. The number of amides is 1. The molecule has 0 unspecified atom stereocenters. The van der Waals surface area contributed by atoms with Gasteiger partial charge in [-0.3, -0.25) is 4.79 Å². The van der Waals surface area contributed by atoms with Crippen molar-refractivity contribution in [2.75, 3.05) is 19.0 Å². The molecule has 0 saturated heterocycles. The van der Waals surface area contributed by atoms with Crippen LogP contribution < -0.4 is 14.8 Å². The third kappa shape index (κ3) is 4.50. The molecule has 6 nitrogen and oxygen atoms in total. The molecule has 0 bridgehead atoms. The van der Waals surface area contributed by atoms with Crippen LogP contribution in [-0.2, 0) is 4.79 Å². The Morgan fingerprint density at radius 1 is 0.897 bits per heavy atom. The van der Waals surface area contributed by atoms with E-state index in [1.54, 1.807) is 13.2 Å². The fourth-order valence-electron chi connectivity index (χ4n) is 2.91. The standard InChI is InChI=1S/C23H19N3O3/c1-28-23-13-12-21(25-26-23)17-6-9-19(10-7-17)24-22(27)15-29-20-11-8-16-4-2-3-5-18(16)14-20/h2-14H,15H2,1H3,(H,24,27). The Bertz CT molecular complexity index is 1130. The van der Waals surface area contributed by atoms with E-state index in [1.165, 1.54) is 0 Å². The zero-order valence-corrected chi connectivity index (χ0v) is 15.8. The van der Waals surface area contributed by atoms with Crippen molar-refractivity contribution in [2.45, 2.75) is 0 Å². The van der Waals surface area contributed by atoms with Gasteiger partial charge in [0.2, 0.25) is 5.88 Å². The average molecular weight is 385 g/mol. The molecule has 29 heavy (non-hydrogen) atoms. The molecule has 1 N–H and O–H groups in total. The Hall–Kier alpha value is -3.93. The molecule has 144 valence electrons. The van der Waals surface area contributed by atoms with Gasteiger partial charge in [0.05, 0.1) is 12.8 Å². The summed E-state index contributed by atoms with van der Waals surface area (Å²) >= 11 is 0. The summed E-state index contributed by atoms with van der Waals surface area (Å²) in [5, 5.41) is 13.1. The van der Waals surface area contributed by atoms with Crippen molar-refractivity contribution in [3.8, 4) is 22.9 Å². The highest BCUT2D eigenvalue weighted by atomic mass is 16.5. The van der Waals surface area contributed by atoms with Gasteiger partial charge in [0.15, 0.2) is 6.61 Å². The number of fused-ring (bicyclic) bond motifs is 1. The van der Waals surface area contributed by atoms with Crippen molar-refractivity contribution < 1.29 is 14.3 Å². The predicted molar refractivity (Wildman–Crippen MR) is 112 cm³/mol. The van der Waals surface area contributed by atoms with E-state index in [-0.39, 0.29) is 12.5 Å². The van der Waals surface area contributed by atoms with Gasteiger partial charge in [-0.15, -0.1) is 10.2 Å². The maximum absolute atomic E-state index is 12.2. The second-order valence-electron chi connectivity index (χ2n) is 6.38. The highest BCUT2D eigenvalue weighted by Gasteiger charge is 2.06. The molecular formula is C23H19N3O3. The van der Waals surface area contributed by atoms with E-state index in [0.29, 0.717) is 17.3 Å². The number of methoxy groups -OCH3 is 1. The zero-order chi connectivity index (χ0) is 20.1. The molecule has 4 rings (SSSR count). The Morgan fingerprint density at radius 2 is 1.69 bits per heavy atom. The van der Waals surface area contributed by atoms with Crippen molar-refractivity contribution in [3.05, 3.63) is 78.9 Å². The van der Waals surface area contributed by atoms with E-state index in [4.69, 9.17) is 9.47 Å². The van der Waals surface area contributed by atoms with Crippen LogP contribution in [0.15, 0.2) is 78.9 Å². The number of ether oxygens (including phenoxy) is 2. The van der Waals surface area contributed by atoms with Gasteiger partial charge in [0, 0.05) is 17.3 Å². The van der Waals surface area contributed by atoms with Crippen LogP contribution in [0.5, 0.6) is 11.6 Å². The third-order valence-electron chi connectivity index (χ3n) is 4.40. The SMILES string of the molecule is COc1ccc(-c2ccc(NC(=O)COc3ccc4ccccc4c3)cc2)nn1. The topological polar surface area (TPSA) is 73.3 Å². The van der Waals surface area contributed by atoms with Crippen LogP contribution in [0.3, 0.4) is 0 Å². The lowest BCUT2D eigenvalue weighted by Crippen LogP contribution is -2.20. The van der Waals surface area contributed by atoms with Crippen LogP contribution in [0.1, 0.15) is 0 Å². The molecule has 6 heteroatoms. The first kappa shape index (κ1) is 18.4. The summed E-state index contributed by atoms with van der Waals surface area (Å²) in [5.74, 6) is 0.895. The van der Waals surface area contributed by atoms with Crippen LogP contribution in [0, 0.1) is 0 Å². The number of carbonyl (C=O) groups is 1. The number of carbonyl (C=O) groups excluding carboxylic acids is 1. The van der Waals surface area contributed by atoms with E-state index in [1.807, 2.05) is 72.8 Å². The maximum Gasteiger partial charge on any atom is 0.262 e. The van der Waals surface area contributed by atoms with Crippen molar-refractivity contribution in [3.63, 3.8) is 0 Å². The summed E-state index contributed by atoms with van der Waals surface area (Å²) in [7, 11) is 1.55. The number of nitrogens with zero attached hydrogens (tertiary/aromatic N) is 2. The van der Waals surface area contributed by atoms with Crippen LogP contribution in [0.4, 0.5) is 5.69 Å². The first-order valence-electron chi connectivity index (χ1n) is 9.11. The summed E-state index contributed by atoms with van der Waals surface area (Å²) < 4.78 is 10.6. The van der Waals surface area contributed by atoms with Crippen molar-refractivity contribution in [1.82, 2.24) is 10.2 Å². The molecule has 4 aromatic rings. The lowest BCUT2D eigenvalue weighted by molar-refractivity contribution is -0.118. The minimum absolute atomic E-state index is 0.0654. The molecule has 0 fully saturated rings. The number of anilines is 1. The number of nitrogens with one attached hydrogen (secondary N) is 1. The molecule has 1 heterocycles. The van der Waals surface area contributed by atoms with Gasteiger partial charge in [-0.1, -0.05) is 42.5 Å². The van der Waals surface area contributed by atoms with E-state index in [9.17, 15) is 4.79 Å².